The van der Waals surface area contributed by atoms with Crippen molar-refractivity contribution in [3.63, 3.8) is 0 Å². The lowest BCUT2D eigenvalue weighted by molar-refractivity contribution is -0.139. The van der Waals surface area contributed by atoms with E-state index < -0.39 is 52.2 Å². The smallest absolute Gasteiger partial charge is 0.394 e. The van der Waals surface area contributed by atoms with Crippen LogP contribution in [0, 0.1) is 6.92 Å². The Hall–Kier alpha value is -3.22. The van der Waals surface area contributed by atoms with Crippen LogP contribution in [-0.2, 0) is 34.6 Å². The van der Waals surface area contributed by atoms with Gasteiger partial charge in [-0.1, -0.05) is 50.6 Å². The Labute approximate surface area is 237 Å². The van der Waals surface area contributed by atoms with Crippen LogP contribution in [0.15, 0.2) is 47.4 Å². The first-order valence-corrected chi connectivity index (χ1v) is 15.0. The molecule has 1 atom stereocenters. The van der Waals surface area contributed by atoms with Gasteiger partial charge in [-0.25, -0.2) is 13.4 Å². The summed E-state index contributed by atoms with van der Waals surface area (Å²) >= 11 is 0. The van der Waals surface area contributed by atoms with Crippen molar-refractivity contribution >= 4 is 15.7 Å². The Morgan fingerprint density at radius 3 is 2.27 bits per heavy atom. The number of aromatic nitrogens is 2. The molecule has 0 unspecified atom stereocenters. The van der Waals surface area contributed by atoms with Crippen LogP contribution in [0.1, 0.15) is 83.4 Å². The number of hydrogen-bond donors (Lipinski definition) is 3. The summed E-state index contributed by atoms with van der Waals surface area (Å²) in [6, 6.07) is 9.05. The summed E-state index contributed by atoms with van der Waals surface area (Å²) in [5.41, 5.74) is -0.720. The average Bonchev–Trinajstić information content (AvgIpc) is 3.25. The predicted molar refractivity (Wildman–Crippen MR) is 146 cm³/mol. The quantitative estimate of drug-likeness (QED) is 0.320. The number of carbonyl (C=O) groups is 1. The van der Waals surface area contributed by atoms with Crippen molar-refractivity contribution in [2.75, 3.05) is 12.4 Å². The minimum absolute atomic E-state index is 0.0311. The number of carbonyl (C=O) groups excluding carboxylic acids is 1. The molecule has 8 nitrogen and oxygen atoms in total. The van der Waals surface area contributed by atoms with Crippen LogP contribution in [-0.4, -0.2) is 46.4 Å². The third-order valence-electron chi connectivity index (χ3n) is 7.96. The number of sulfone groups is 1. The average molecular weight is 594 g/mol. The van der Waals surface area contributed by atoms with Gasteiger partial charge in [0.05, 0.1) is 35.5 Å². The minimum atomic E-state index is -4.69. The molecule has 3 aromatic rings. The van der Waals surface area contributed by atoms with Gasteiger partial charge in [-0.15, -0.1) is 0 Å². The topological polar surface area (TPSA) is 122 Å². The molecule has 0 saturated heterocycles. The second-order valence-electron chi connectivity index (χ2n) is 10.7. The highest BCUT2D eigenvalue weighted by molar-refractivity contribution is 7.91. The van der Waals surface area contributed by atoms with Gasteiger partial charge in [0.2, 0.25) is 0 Å². The second kappa shape index (κ2) is 11.6. The molecule has 0 spiro atoms. The number of nitrogens with one attached hydrogen (secondary N) is 1. The number of imidazole rings is 1. The van der Waals surface area contributed by atoms with Gasteiger partial charge in [-0.3, -0.25) is 4.79 Å². The Kier molecular flexibility index (Phi) is 8.68. The lowest BCUT2D eigenvalue weighted by atomic mass is 9.70. The van der Waals surface area contributed by atoms with E-state index in [2.05, 4.69) is 10.3 Å². The molecular formula is C29H34F3N3O5S. The van der Waals surface area contributed by atoms with Crippen molar-refractivity contribution in [2.24, 2.45) is 0 Å². The van der Waals surface area contributed by atoms with Crippen LogP contribution in [0.25, 0.3) is 0 Å². The van der Waals surface area contributed by atoms with E-state index in [1.54, 1.807) is 11.5 Å². The Balaban J connectivity index is 1.70. The molecule has 222 valence electrons. The highest BCUT2D eigenvalue weighted by atomic mass is 32.2. The Bertz CT molecular complexity index is 1530. The maximum absolute atomic E-state index is 14.0. The number of halogens is 3. The molecule has 3 N–H and O–H groups in total. The largest absolute Gasteiger partial charge is 0.417 e. The number of nitrogens with zero attached hydrogens (tertiary/aromatic N) is 2. The number of aliphatic hydroxyl groups excluding tert-OH is 2. The van der Waals surface area contributed by atoms with Crippen molar-refractivity contribution in [3.8, 4) is 0 Å². The van der Waals surface area contributed by atoms with Crippen LogP contribution in [0.2, 0.25) is 0 Å². The van der Waals surface area contributed by atoms with Crippen molar-refractivity contribution in [1.29, 1.82) is 0 Å². The number of benzene rings is 2. The number of alkyl halides is 3. The minimum Gasteiger partial charge on any atom is -0.394 e. The molecule has 1 aliphatic rings. The van der Waals surface area contributed by atoms with Crippen LogP contribution < -0.4 is 5.32 Å². The van der Waals surface area contributed by atoms with Crippen LogP contribution in [0.3, 0.4) is 0 Å². The third kappa shape index (κ3) is 6.05. The molecule has 1 amide bonds. The van der Waals surface area contributed by atoms with Gasteiger partial charge >= 0.3 is 6.18 Å². The van der Waals surface area contributed by atoms with Gasteiger partial charge in [-0.05, 0) is 48.6 Å². The zero-order chi connectivity index (χ0) is 30.2. The monoisotopic (exact) mass is 593 g/mol. The molecule has 0 aliphatic heterocycles. The van der Waals surface area contributed by atoms with E-state index in [0.717, 1.165) is 19.3 Å². The van der Waals surface area contributed by atoms with E-state index in [1.807, 2.05) is 6.92 Å². The van der Waals surface area contributed by atoms with E-state index in [0.29, 0.717) is 17.1 Å². The lowest BCUT2D eigenvalue weighted by Crippen LogP contribution is -2.34. The maximum Gasteiger partial charge on any atom is 0.417 e. The summed E-state index contributed by atoms with van der Waals surface area (Å²) in [6.45, 7) is 3.68. The zero-order valence-corrected chi connectivity index (χ0v) is 23.9. The highest BCUT2D eigenvalue weighted by Crippen LogP contribution is 2.44. The summed E-state index contributed by atoms with van der Waals surface area (Å²) in [7, 11) is -3.42. The number of aliphatic hydroxyl groups is 2. The fraction of sp³-hybridized carbons (Fsp3) is 0.448. The summed E-state index contributed by atoms with van der Waals surface area (Å²) in [5.74, 6) is -0.178. The molecule has 1 aromatic heterocycles. The molecule has 41 heavy (non-hydrogen) atoms. The van der Waals surface area contributed by atoms with Gasteiger partial charge in [-0.2, -0.15) is 13.2 Å². The third-order valence-corrected chi connectivity index (χ3v) is 9.71. The normalized spacial score (nSPS) is 15.8. The van der Waals surface area contributed by atoms with Crippen molar-refractivity contribution < 1.29 is 36.6 Å². The second-order valence-corrected chi connectivity index (χ2v) is 12.9. The van der Waals surface area contributed by atoms with E-state index in [1.165, 1.54) is 49.4 Å². The SMILES string of the molecule is CCS(=O)(=O)c1ccc([C@H](CO)NC(=O)c2nc(C3(C)CCC3)n(Cc3cccc(CO)c3C(F)(F)F)c2C)cc1. The van der Waals surface area contributed by atoms with Gasteiger partial charge in [0, 0.05) is 17.7 Å². The van der Waals surface area contributed by atoms with Crippen LogP contribution >= 0.6 is 0 Å². The fourth-order valence-electron chi connectivity index (χ4n) is 5.32. The first kappa shape index (κ1) is 30.7. The van der Waals surface area contributed by atoms with E-state index in [9.17, 15) is 36.6 Å². The van der Waals surface area contributed by atoms with Gasteiger partial charge < -0.3 is 20.1 Å². The van der Waals surface area contributed by atoms with Crippen molar-refractivity contribution in [1.82, 2.24) is 14.9 Å². The van der Waals surface area contributed by atoms with E-state index in [4.69, 9.17) is 0 Å². The molecule has 1 saturated carbocycles. The maximum atomic E-state index is 14.0. The molecule has 1 heterocycles. The Morgan fingerprint density at radius 1 is 1.12 bits per heavy atom. The zero-order valence-electron chi connectivity index (χ0n) is 23.1. The molecule has 1 aliphatic carbocycles. The van der Waals surface area contributed by atoms with Crippen LogP contribution in [0.4, 0.5) is 13.2 Å². The molecule has 4 rings (SSSR count). The van der Waals surface area contributed by atoms with Gasteiger partial charge in [0.1, 0.15) is 11.5 Å². The number of rotatable bonds is 10. The van der Waals surface area contributed by atoms with Gasteiger partial charge in [0.25, 0.3) is 5.91 Å². The number of hydrogen-bond acceptors (Lipinski definition) is 6. The summed E-state index contributed by atoms with van der Waals surface area (Å²) in [5, 5.41) is 22.3. The molecule has 0 bridgehead atoms. The molecular weight excluding hydrogens is 559 g/mol. The van der Waals surface area contributed by atoms with Crippen LogP contribution in [0.5, 0.6) is 0 Å². The lowest BCUT2D eigenvalue weighted by Gasteiger charge is -2.38. The first-order chi connectivity index (χ1) is 19.3. The molecule has 1 fully saturated rings. The molecule has 12 heteroatoms. The van der Waals surface area contributed by atoms with E-state index >= 15 is 0 Å². The van der Waals surface area contributed by atoms with Crippen molar-refractivity contribution in [2.45, 2.75) is 75.7 Å². The standard InChI is InChI=1S/C29H34F3N3O5S/c1-4-41(39,40)22-11-9-19(10-12-22)23(17-37)33-26(38)25-18(2)35(27(34-25)28(3)13-6-14-28)15-20-7-5-8-21(16-36)24(20)29(30,31)32/h5,7-12,23,36-37H,4,6,13-17H2,1-3H3,(H,33,38)/t23-/m0/s1. The summed E-state index contributed by atoms with van der Waals surface area (Å²) in [6.07, 6.45) is -2.24. The first-order valence-electron chi connectivity index (χ1n) is 13.4. The predicted octanol–water partition coefficient (Wildman–Crippen LogP) is 4.45. The highest BCUT2D eigenvalue weighted by Gasteiger charge is 2.41. The fourth-order valence-corrected chi connectivity index (χ4v) is 6.20. The van der Waals surface area contributed by atoms with Gasteiger partial charge in [0.15, 0.2) is 9.84 Å². The summed E-state index contributed by atoms with van der Waals surface area (Å²) in [4.78, 5) is 18.2. The van der Waals surface area contributed by atoms with Crippen molar-refractivity contribution in [3.05, 3.63) is 81.9 Å². The number of amides is 1. The molecule has 2 aromatic carbocycles. The summed E-state index contributed by atoms with van der Waals surface area (Å²) < 4.78 is 68.0. The molecule has 0 radical (unpaired) electrons. The Morgan fingerprint density at radius 2 is 1.76 bits per heavy atom. The van der Waals surface area contributed by atoms with E-state index in [-0.39, 0.29) is 34.0 Å².